The summed E-state index contributed by atoms with van der Waals surface area (Å²) in [6.07, 6.45) is 3.41. The summed E-state index contributed by atoms with van der Waals surface area (Å²) in [5, 5.41) is 12.6. The van der Waals surface area contributed by atoms with E-state index in [1.807, 2.05) is 66.7 Å². The molecule has 216 valence electrons. The van der Waals surface area contributed by atoms with E-state index in [1.54, 1.807) is 12.1 Å². The molecule has 8 heteroatoms. The zero-order valence-electron chi connectivity index (χ0n) is 24.0. The second kappa shape index (κ2) is 13.3. The molecule has 4 aromatic rings. The van der Waals surface area contributed by atoms with Crippen LogP contribution in [0.15, 0.2) is 78.9 Å². The number of para-hydroxylation sites is 2. The number of hydrogen-bond donors (Lipinski definition) is 2. The second-order valence-corrected chi connectivity index (χ2v) is 10.6. The Morgan fingerprint density at radius 1 is 0.952 bits per heavy atom. The van der Waals surface area contributed by atoms with Gasteiger partial charge in [0.1, 0.15) is 23.1 Å². The van der Waals surface area contributed by atoms with E-state index in [0.29, 0.717) is 35.0 Å². The Morgan fingerprint density at radius 2 is 1.64 bits per heavy atom. The van der Waals surface area contributed by atoms with Gasteiger partial charge in [-0.3, -0.25) is 9.59 Å². The number of rotatable bonds is 11. The number of carboxylic acids is 1. The van der Waals surface area contributed by atoms with Gasteiger partial charge in [0.15, 0.2) is 0 Å². The number of nitrogens with one attached hydrogen (secondary N) is 1. The predicted molar refractivity (Wildman–Crippen MR) is 164 cm³/mol. The minimum absolute atomic E-state index is 0.0836. The van der Waals surface area contributed by atoms with Crippen molar-refractivity contribution in [1.29, 1.82) is 0 Å². The first-order valence-corrected chi connectivity index (χ1v) is 14.5. The number of aromatic nitrogens is 2. The molecule has 2 heterocycles. The Kier molecular flexibility index (Phi) is 9.12. The number of carboxylic acid groups (broad SMARTS) is 1. The van der Waals surface area contributed by atoms with Crippen LogP contribution in [0.25, 0.3) is 0 Å². The van der Waals surface area contributed by atoms with Crippen molar-refractivity contribution in [3.63, 3.8) is 0 Å². The van der Waals surface area contributed by atoms with E-state index in [2.05, 4.69) is 24.1 Å². The van der Waals surface area contributed by atoms with Gasteiger partial charge in [0.05, 0.1) is 17.7 Å². The van der Waals surface area contributed by atoms with E-state index >= 15 is 0 Å². The molecule has 0 aliphatic carbocycles. The molecule has 5 rings (SSSR count). The van der Waals surface area contributed by atoms with Crippen LogP contribution in [0.1, 0.15) is 72.0 Å². The molecule has 1 amide bonds. The fraction of sp³-hybridized carbons (Fsp3) is 0.294. The highest BCUT2D eigenvalue weighted by molar-refractivity contribution is 6.06. The summed E-state index contributed by atoms with van der Waals surface area (Å²) in [5.41, 5.74) is 3.65. The Labute approximate surface area is 246 Å². The van der Waals surface area contributed by atoms with Crippen molar-refractivity contribution >= 4 is 23.4 Å². The van der Waals surface area contributed by atoms with Crippen LogP contribution in [0.5, 0.6) is 11.5 Å². The maximum Gasteiger partial charge on any atom is 0.308 e. The summed E-state index contributed by atoms with van der Waals surface area (Å²) in [5.74, 6) is 1.55. The van der Waals surface area contributed by atoms with Crippen molar-refractivity contribution in [3.05, 3.63) is 107 Å². The van der Waals surface area contributed by atoms with Gasteiger partial charge < -0.3 is 20.1 Å². The van der Waals surface area contributed by atoms with Crippen molar-refractivity contribution in [1.82, 2.24) is 9.97 Å². The lowest BCUT2D eigenvalue weighted by atomic mass is 9.97. The summed E-state index contributed by atoms with van der Waals surface area (Å²) in [7, 11) is 0. The maximum absolute atomic E-state index is 13.1. The number of hydrogen-bond acceptors (Lipinski definition) is 6. The molecule has 1 aliphatic rings. The van der Waals surface area contributed by atoms with Gasteiger partial charge in [0.2, 0.25) is 0 Å². The highest BCUT2D eigenvalue weighted by atomic mass is 16.5. The van der Waals surface area contributed by atoms with Gasteiger partial charge in [-0.2, -0.15) is 0 Å². The number of amides is 1. The minimum Gasteiger partial charge on any atom is -0.481 e. The highest BCUT2D eigenvalue weighted by Crippen LogP contribution is 2.31. The molecule has 42 heavy (non-hydrogen) atoms. The zero-order valence-corrected chi connectivity index (χ0v) is 24.0. The molecule has 2 N–H and O–H groups in total. The lowest BCUT2D eigenvalue weighted by molar-refractivity contribution is -0.136. The first kappa shape index (κ1) is 28.8. The normalized spacial score (nSPS) is 13.5. The number of carbonyl (C=O) groups excluding carboxylic acids is 1. The topological polar surface area (TPSA) is 105 Å². The average molecular weight is 565 g/mol. The molecule has 1 unspecified atom stereocenters. The quantitative estimate of drug-likeness (QED) is 0.205. The third kappa shape index (κ3) is 6.94. The standard InChI is InChI=1S/C34H36N4O4/c1-3-23(2)32-28(22-31(39)40)33(38-19-9-10-20-38)37-30(36-32)21-24-15-17-25(18-16-24)35-34(41)27-13-7-8-14-29(27)42-26-11-5-4-6-12-26/h4-8,11-18,23H,3,9-10,19-22H2,1-2H3,(H,35,41)(H,39,40). The minimum atomic E-state index is -0.872. The van der Waals surface area contributed by atoms with Crippen LogP contribution < -0.4 is 15.0 Å². The van der Waals surface area contributed by atoms with Crippen molar-refractivity contribution in [2.24, 2.45) is 0 Å². The third-order valence-electron chi connectivity index (χ3n) is 7.55. The first-order valence-electron chi connectivity index (χ1n) is 14.5. The van der Waals surface area contributed by atoms with E-state index in [1.165, 1.54) is 0 Å². The highest BCUT2D eigenvalue weighted by Gasteiger charge is 2.25. The molecule has 3 aromatic carbocycles. The summed E-state index contributed by atoms with van der Waals surface area (Å²) in [4.78, 5) is 36.9. The van der Waals surface area contributed by atoms with E-state index in [9.17, 15) is 14.7 Å². The van der Waals surface area contributed by atoms with E-state index in [4.69, 9.17) is 14.7 Å². The molecule has 8 nitrogen and oxygen atoms in total. The number of ether oxygens (including phenoxy) is 1. The molecule has 1 fully saturated rings. The van der Waals surface area contributed by atoms with Crippen LogP contribution in [0, 0.1) is 0 Å². The molecule has 1 saturated heterocycles. The Hall–Kier alpha value is -4.72. The Bertz CT molecular complexity index is 1530. The van der Waals surface area contributed by atoms with Gasteiger partial charge in [0, 0.05) is 30.8 Å². The number of aliphatic carboxylic acids is 1. The third-order valence-corrected chi connectivity index (χ3v) is 7.55. The van der Waals surface area contributed by atoms with Crippen molar-refractivity contribution in [3.8, 4) is 11.5 Å². The molecule has 0 saturated carbocycles. The number of carbonyl (C=O) groups is 2. The van der Waals surface area contributed by atoms with Crippen LogP contribution in [-0.2, 0) is 17.6 Å². The van der Waals surface area contributed by atoms with E-state index in [-0.39, 0.29) is 18.2 Å². The summed E-state index contributed by atoms with van der Waals surface area (Å²) in [6.45, 7) is 5.92. The van der Waals surface area contributed by atoms with Gasteiger partial charge in [-0.05, 0) is 67.1 Å². The molecule has 0 spiro atoms. The summed E-state index contributed by atoms with van der Waals surface area (Å²) < 4.78 is 5.95. The maximum atomic E-state index is 13.1. The largest absolute Gasteiger partial charge is 0.481 e. The predicted octanol–water partition coefficient (Wildman–Crippen LogP) is 6.85. The summed E-state index contributed by atoms with van der Waals surface area (Å²) >= 11 is 0. The molecular weight excluding hydrogens is 528 g/mol. The fourth-order valence-corrected chi connectivity index (χ4v) is 5.17. The fourth-order valence-electron chi connectivity index (χ4n) is 5.17. The molecule has 1 aromatic heterocycles. The first-order chi connectivity index (χ1) is 20.4. The van der Waals surface area contributed by atoms with Gasteiger partial charge in [0.25, 0.3) is 5.91 Å². The van der Waals surface area contributed by atoms with E-state index < -0.39 is 5.97 Å². The molecule has 1 atom stereocenters. The number of benzene rings is 3. The molecular formula is C34H36N4O4. The van der Waals surface area contributed by atoms with Gasteiger partial charge in [-0.1, -0.05) is 56.3 Å². The lowest BCUT2D eigenvalue weighted by Crippen LogP contribution is -2.25. The molecule has 0 bridgehead atoms. The number of anilines is 2. The van der Waals surface area contributed by atoms with Crippen molar-refractivity contribution in [2.45, 2.75) is 51.9 Å². The lowest BCUT2D eigenvalue weighted by Gasteiger charge is -2.24. The number of nitrogens with zero attached hydrogens (tertiary/aromatic N) is 3. The zero-order chi connectivity index (χ0) is 29.5. The van der Waals surface area contributed by atoms with E-state index in [0.717, 1.165) is 55.0 Å². The van der Waals surface area contributed by atoms with Crippen LogP contribution in [0.4, 0.5) is 11.5 Å². The van der Waals surface area contributed by atoms with Crippen LogP contribution >= 0.6 is 0 Å². The van der Waals surface area contributed by atoms with Crippen LogP contribution in [0.2, 0.25) is 0 Å². The van der Waals surface area contributed by atoms with Gasteiger partial charge in [-0.15, -0.1) is 0 Å². The Balaban J connectivity index is 1.34. The van der Waals surface area contributed by atoms with Gasteiger partial charge in [-0.25, -0.2) is 9.97 Å². The van der Waals surface area contributed by atoms with Gasteiger partial charge >= 0.3 is 5.97 Å². The van der Waals surface area contributed by atoms with Crippen molar-refractivity contribution < 1.29 is 19.4 Å². The Morgan fingerprint density at radius 3 is 2.33 bits per heavy atom. The molecule has 0 radical (unpaired) electrons. The SMILES string of the molecule is CCC(C)c1nc(Cc2ccc(NC(=O)c3ccccc3Oc3ccccc3)cc2)nc(N2CCCC2)c1CC(=O)O. The monoisotopic (exact) mass is 564 g/mol. The second-order valence-electron chi connectivity index (χ2n) is 10.6. The van der Waals surface area contributed by atoms with Crippen LogP contribution in [-0.4, -0.2) is 40.0 Å². The summed E-state index contributed by atoms with van der Waals surface area (Å²) in [6, 6.07) is 24.2. The van der Waals surface area contributed by atoms with Crippen molar-refractivity contribution in [2.75, 3.05) is 23.3 Å². The smallest absolute Gasteiger partial charge is 0.308 e. The molecule has 1 aliphatic heterocycles. The van der Waals surface area contributed by atoms with Crippen LogP contribution in [0.3, 0.4) is 0 Å². The average Bonchev–Trinajstić information content (AvgIpc) is 3.54.